The van der Waals surface area contributed by atoms with Gasteiger partial charge in [-0.25, -0.2) is 4.57 Å². The SMILES string of the molecule is CC/C=C\C/C=C\CC(O)/C=C/C=C\C/C=C\C/C=C\CCC(=O)O[C@H](COC(=O)CCCCCCCCCCCCC(C)C)COP(=O)(O)OC[C@@H](O)CO. The van der Waals surface area contributed by atoms with E-state index in [1.165, 1.54) is 44.9 Å². The highest BCUT2D eigenvalue weighted by atomic mass is 31.2. The second kappa shape index (κ2) is 37.9. The summed E-state index contributed by atoms with van der Waals surface area (Å²) in [5.74, 6) is -0.279. The fourth-order valence-corrected chi connectivity index (χ4v) is 5.96. The average molecular weight is 811 g/mol. The Labute approximate surface area is 338 Å². The van der Waals surface area contributed by atoms with Gasteiger partial charge in [0.2, 0.25) is 0 Å². The molecule has 0 bridgehead atoms. The number of phosphoric acid groups is 1. The lowest BCUT2D eigenvalue weighted by Gasteiger charge is -2.20. The summed E-state index contributed by atoms with van der Waals surface area (Å²) in [6.07, 6.45) is 37.8. The minimum Gasteiger partial charge on any atom is -0.462 e. The summed E-state index contributed by atoms with van der Waals surface area (Å²) in [7, 11) is -4.65. The van der Waals surface area contributed by atoms with Gasteiger partial charge in [-0.1, -0.05) is 158 Å². The smallest absolute Gasteiger partial charge is 0.462 e. The third kappa shape index (κ3) is 38.3. The number of unbranched alkanes of at least 4 members (excludes halogenated alkanes) is 9. The maximum atomic E-state index is 12.6. The van der Waals surface area contributed by atoms with Crippen molar-refractivity contribution in [1.82, 2.24) is 0 Å². The van der Waals surface area contributed by atoms with Gasteiger partial charge >= 0.3 is 19.8 Å². The zero-order valence-electron chi connectivity index (χ0n) is 34.6. The zero-order chi connectivity index (χ0) is 41.5. The molecule has 0 amide bonds. The van der Waals surface area contributed by atoms with E-state index < -0.39 is 57.9 Å². The van der Waals surface area contributed by atoms with Gasteiger partial charge in [-0.3, -0.25) is 18.6 Å². The highest BCUT2D eigenvalue weighted by Crippen LogP contribution is 2.43. The van der Waals surface area contributed by atoms with Crippen molar-refractivity contribution in [2.75, 3.05) is 26.4 Å². The Kier molecular flexibility index (Phi) is 36.1. The molecule has 0 spiro atoms. The van der Waals surface area contributed by atoms with E-state index in [4.69, 9.17) is 19.1 Å². The number of phosphoric ester groups is 1. The lowest BCUT2D eigenvalue weighted by Crippen LogP contribution is -2.29. The van der Waals surface area contributed by atoms with Crippen molar-refractivity contribution in [3.8, 4) is 0 Å². The highest BCUT2D eigenvalue weighted by Gasteiger charge is 2.27. The molecule has 4 N–H and O–H groups in total. The molecule has 0 rings (SSSR count). The van der Waals surface area contributed by atoms with E-state index in [1.807, 2.05) is 54.7 Å². The van der Waals surface area contributed by atoms with Gasteiger partial charge in [0.05, 0.1) is 25.9 Å². The third-order valence-electron chi connectivity index (χ3n) is 8.40. The normalized spacial score (nSPS) is 15.3. The minimum absolute atomic E-state index is 0.0331. The number of esters is 2. The van der Waals surface area contributed by atoms with Gasteiger partial charge in [-0.15, -0.1) is 0 Å². The molecule has 0 aliphatic carbocycles. The molecule has 0 aliphatic heterocycles. The Balaban J connectivity index is 4.53. The molecule has 0 aromatic heterocycles. The molecule has 0 aliphatic rings. The van der Waals surface area contributed by atoms with Crippen LogP contribution in [0.2, 0.25) is 0 Å². The van der Waals surface area contributed by atoms with Gasteiger partial charge in [-0.05, 0) is 50.9 Å². The topological polar surface area (TPSA) is 169 Å². The van der Waals surface area contributed by atoms with Crippen molar-refractivity contribution in [1.29, 1.82) is 0 Å². The van der Waals surface area contributed by atoms with Crippen molar-refractivity contribution in [2.24, 2.45) is 5.92 Å². The van der Waals surface area contributed by atoms with Crippen LogP contribution in [0.4, 0.5) is 0 Å². The molecular weight excluding hydrogens is 735 g/mol. The predicted octanol–water partition coefficient (Wildman–Crippen LogP) is 9.71. The molecule has 322 valence electrons. The van der Waals surface area contributed by atoms with Crippen molar-refractivity contribution >= 4 is 19.8 Å². The van der Waals surface area contributed by atoms with E-state index in [-0.39, 0.29) is 19.4 Å². The summed E-state index contributed by atoms with van der Waals surface area (Å²) in [4.78, 5) is 34.9. The quantitative estimate of drug-likeness (QED) is 0.0155. The number of aliphatic hydroxyl groups excluding tert-OH is 3. The fraction of sp³-hybridized carbons (Fsp3) is 0.682. The van der Waals surface area contributed by atoms with E-state index in [0.29, 0.717) is 25.7 Å². The molecule has 0 aromatic carbocycles. The van der Waals surface area contributed by atoms with Crippen LogP contribution in [0.1, 0.15) is 143 Å². The summed E-state index contributed by atoms with van der Waals surface area (Å²) in [6, 6.07) is 0. The molecule has 0 heterocycles. The summed E-state index contributed by atoms with van der Waals surface area (Å²) < 4.78 is 32.5. The van der Waals surface area contributed by atoms with Crippen LogP contribution in [0.15, 0.2) is 72.9 Å². The van der Waals surface area contributed by atoms with Gasteiger partial charge in [0.1, 0.15) is 12.7 Å². The molecule has 0 saturated carbocycles. The fourth-order valence-electron chi connectivity index (χ4n) is 5.17. The number of carbonyl (C=O) groups is 2. The summed E-state index contributed by atoms with van der Waals surface area (Å²) in [6.45, 7) is 4.38. The third-order valence-corrected chi connectivity index (χ3v) is 9.35. The van der Waals surface area contributed by atoms with E-state index in [2.05, 4.69) is 37.4 Å². The van der Waals surface area contributed by atoms with Crippen molar-refractivity contribution in [3.63, 3.8) is 0 Å². The van der Waals surface area contributed by atoms with Crippen LogP contribution in [-0.2, 0) is 32.7 Å². The zero-order valence-corrected chi connectivity index (χ0v) is 35.5. The van der Waals surface area contributed by atoms with E-state index >= 15 is 0 Å². The Morgan fingerprint density at radius 2 is 1.23 bits per heavy atom. The second-order valence-corrected chi connectivity index (χ2v) is 15.8. The minimum atomic E-state index is -4.65. The Bertz CT molecular complexity index is 1190. The average Bonchev–Trinajstić information content (AvgIpc) is 3.16. The second-order valence-electron chi connectivity index (χ2n) is 14.3. The lowest BCUT2D eigenvalue weighted by atomic mass is 10.0. The summed E-state index contributed by atoms with van der Waals surface area (Å²) in [5.41, 5.74) is 0. The van der Waals surface area contributed by atoms with Gasteiger partial charge in [-0.2, -0.15) is 0 Å². The molecule has 12 heteroatoms. The van der Waals surface area contributed by atoms with Crippen molar-refractivity contribution in [3.05, 3.63) is 72.9 Å². The Morgan fingerprint density at radius 3 is 1.88 bits per heavy atom. The molecule has 56 heavy (non-hydrogen) atoms. The number of hydrogen-bond acceptors (Lipinski definition) is 10. The maximum absolute atomic E-state index is 12.6. The van der Waals surface area contributed by atoms with Gasteiger partial charge in [0.15, 0.2) is 6.10 Å². The van der Waals surface area contributed by atoms with Crippen LogP contribution in [0.25, 0.3) is 0 Å². The number of aliphatic hydroxyl groups is 3. The Hall–Kier alpha value is -2.63. The highest BCUT2D eigenvalue weighted by molar-refractivity contribution is 7.47. The first-order valence-electron chi connectivity index (χ1n) is 20.9. The molecular formula is C44H75O11P. The molecule has 0 fully saturated rings. The van der Waals surface area contributed by atoms with E-state index in [9.17, 15) is 29.3 Å². The number of allylic oxidation sites excluding steroid dienone is 10. The van der Waals surface area contributed by atoms with Gasteiger partial charge in [0, 0.05) is 12.8 Å². The molecule has 4 atom stereocenters. The van der Waals surface area contributed by atoms with Crippen LogP contribution in [0, 0.1) is 5.92 Å². The summed E-state index contributed by atoms with van der Waals surface area (Å²) >= 11 is 0. The van der Waals surface area contributed by atoms with Crippen LogP contribution in [-0.4, -0.2) is 76.9 Å². The van der Waals surface area contributed by atoms with Crippen LogP contribution >= 0.6 is 7.82 Å². The van der Waals surface area contributed by atoms with Gasteiger partial charge < -0.3 is 29.7 Å². The Morgan fingerprint density at radius 1 is 0.661 bits per heavy atom. The van der Waals surface area contributed by atoms with E-state index in [1.54, 1.807) is 6.08 Å². The molecule has 11 nitrogen and oxygen atoms in total. The molecule has 2 unspecified atom stereocenters. The predicted molar refractivity (Wildman–Crippen MR) is 225 cm³/mol. The van der Waals surface area contributed by atoms with Gasteiger partial charge in [0.25, 0.3) is 0 Å². The van der Waals surface area contributed by atoms with Crippen LogP contribution in [0.5, 0.6) is 0 Å². The molecule has 0 saturated heterocycles. The standard InChI is InChI=1S/C44H75O11P/c1-4-5-6-7-21-26-31-40(46)32-27-22-17-13-9-11-15-19-24-29-34-44(49)55-42(38-54-56(50,51)53-36-41(47)35-45)37-52-43(48)33-28-23-18-14-10-8-12-16-20-25-30-39(2)3/h5-6,9,11,17,19,21-22,24,26-27,32,39-42,45-47H,4,7-8,10,12-16,18,20,23,25,28-31,33-38H2,1-3H3,(H,50,51)/b6-5-,11-9-,22-17-,24-19-,26-21-,32-27+/t40?,41-,42+/m0/s1. The maximum Gasteiger partial charge on any atom is 0.472 e. The molecule has 0 aromatic rings. The number of hydrogen-bond donors (Lipinski definition) is 4. The van der Waals surface area contributed by atoms with Crippen LogP contribution in [0.3, 0.4) is 0 Å². The monoisotopic (exact) mass is 811 g/mol. The largest absolute Gasteiger partial charge is 0.472 e. The molecule has 0 radical (unpaired) electrons. The summed E-state index contributed by atoms with van der Waals surface area (Å²) in [5, 5.41) is 28.3. The number of ether oxygens (including phenoxy) is 2. The van der Waals surface area contributed by atoms with Crippen LogP contribution < -0.4 is 0 Å². The first-order chi connectivity index (χ1) is 27.0. The van der Waals surface area contributed by atoms with Crippen molar-refractivity contribution in [2.45, 2.75) is 161 Å². The first-order valence-corrected chi connectivity index (χ1v) is 22.4. The number of rotatable bonds is 37. The van der Waals surface area contributed by atoms with E-state index in [0.717, 1.165) is 44.4 Å². The lowest BCUT2D eigenvalue weighted by molar-refractivity contribution is -0.161. The number of carbonyl (C=O) groups excluding carboxylic acids is 2. The first kappa shape index (κ1) is 53.4. The van der Waals surface area contributed by atoms with Crippen molar-refractivity contribution < 1.29 is 52.9 Å².